The number of hydrogen-bond donors (Lipinski definition) is 3. The Kier molecular flexibility index (Phi) is 6.96. The fourth-order valence-corrected chi connectivity index (χ4v) is 1.14. The number of unbranched alkanes of at least 4 members (excludes halogenated alkanes) is 1. The minimum absolute atomic E-state index is 0.0231. The van der Waals surface area contributed by atoms with Crippen LogP contribution in [-0.4, -0.2) is 24.3 Å². The van der Waals surface area contributed by atoms with Gasteiger partial charge in [0.05, 0.1) is 6.04 Å². The molecule has 5 heteroatoms. The average molecular weight is 201 g/mol. The summed E-state index contributed by atoms with van der Waals surface area (Å²) in [6.45, 7) is 3.66. The van der Waals surface area contributed by atoms with Gasteiger partial charge in [0.15, 0.2) is 0 Å². The molecule has 0 aromatic rings. The van der Waals surface area contributed by atoms with Crippen molar-refractivity contribution in [3.05, 3.63) is 0 Å². The number of nitrogens with one attached hydrogen (secondary N) is 2. The number of nitrogens with two attached hydrogens (primary N) is 1. The Bertz CT molecular complexity index is 194. The lowest BCUT2D eigenvalue weighted by atomic mass is 10.1. The minimum atomic E-state index is -0.257. The molecule has 1 atom stereocenters. The number of amides is 1. The molecule has 0 aliphatic carbocycles. The Hall–Kier alpha value is -0.940. The molecule has 0 heterocycles. The van der Waals surface area contributed by atoms with E-state index in [2.05, 4.69) is 10.7 Å². The van der Waals surface area contributed by atoms with Gasteiger partial charge in [-0.25, -0.2) is 5.43 Å². The van der Waals surface area contributed by atoms with Gasteiger partial charge in [0.2, 0.25) is 5.91 Å². The molecule has 4 N–H and O–H groups in total. The number of carbonyl (C=O) groups is 2. The third-order valence-corrected chi connectivity index (χ3v) is 1.99. The lowest BCUT2D eigenvalue weighted by Gasteiger charge is -2.11. The molecule has 0 aliphatic heterocycles. The van der Waals surface area contributed by atoms with Gasteiger partial charge in [-0.05, 0) is 26.2 Å². The second-order valence-electron chi connectivity index (χ2n) is 3.31. The highest BCUT2D eigenvalue weighted by Crippen LogP contribution is 2.00. The molecule has 0 radical (unpaired) electrons. The molecule has 0 spiro atoms. The fraction of sp³-hybridized carbons (Fsp3) is 0.778. The second-order valence-corrected chi connectivity index (χ2v) is 3.31. The van der Waals surface area contributed by atoms with E-state index in [0.717, 1.165) is 12.8 Å². The molecule has 0 aromatic carbocycles. The number of Topliss-reactive ketones (excluding diaryl/α,β-unsaturated/α-hetero) is 1. The number of carbonyl (C=O) groups excluding carboxylic acids is 2. The summed E-state index contributed by atoms with van der Waals surface area (Å²) >= 11 is 0. The predicted molar refractivity (Wildman–Crippen MR) is 54.3 cm³/mol. The lowest BCUT2D eigenvalue weighted by Crippen LogP contribution is -2.40. The van der Waals surface area contributed by atoms with E-state index >= 15 is 0 Å². The molecule has 14 heavy (non-hydrogen) atoms. The second kappa shape index (κ2) is 7.46. The fourth-order valence-electron chi connectivity index (χ4n) is 1.14. The van der Waals surface area contributed by atoms with Crippen molar-refractivity contribution in [2.45, 2.75) is 39.2 Å². The van der Waals surface area contributed by atoms with Gasteiger partial charge in [0.25, 0.3) is 0 Å². The number of rotatable bonds is 7. The standard InChI is InChI=1S/C9H19N3O2/c1-7(13)9(12-10)5-3-4-6-11-8(2)14/h9,12H,3-6,10H2,1-2H3,(H,11,14). The molecular formula is C9H19N3O2. The highest BCUT2D eigenvalue weighted by Gasteiger charge is 2.10. The van der Waals surface area contributed by atoms with Crippen molar-refractivity contribution < 1.29 is 9.59 Å². The van der Waals surface area contributed by atoms with Gasteiger partial charge in [-0.1, -0.05) is 0 Å². The first-order valence-corrected chi connectivity index (χ1v) is 4.79. The van der Waals surface area contributed by atoms with E-state index in [4.69, 9.17) is 5.84 Å². The largest absolute Gasteiger partial charge is 0.356 e. The van der Waals surface area contributed by atoms with Crippen molar-refractivity contribution >= 4 is 11.7 Å². The molecule has 0 rings (SSSR count). The van der Waals surface area contributed by atoms with Crippen LogP contribution in [0.15, 0.2) is 0 Å². The van der Waals surface area contributed by atoms with Gasteiger partial charge >= 0.3 is 0 Å². The van der Waals surface area contributed by atoms with Crippen LogP contribution in [0, 0.1) is 0 Å². The smallest absolute Gasteiger partial charge is 0.216 e. The maximum absolute atomic E-state index is 10.9. The van der Waals surface area contributed by atoms with E-state index in [-0.39, 0.29) is 17.7 Å². The molecule has 0 aliphatic rings. The molecule has 82 valence electrons. The van der Waals surface area contributed by atoms with E-state index in [9.17, 15) is 9.59 Å². The van der Waals surface area contributed by atoms with Gasteiger partial charge in [0, 0.05) is 13.5 Å². The summed E-state index contributed by atoms with van der Waals surface area (Å²) < 4.78 is 0. The van der Waals surface area contributed by atoms with Gasteiger partial charge in [-0.2, -0.15) is 0 Å². The maximum Gasteiger partial charge on any atom is 0.216 e. The SMILES string of the molecule is CC(=O)NCCCCC(NN)C(C)=O. The molecule has 0 saturated carbocycles. The molecule has 0 bridgehead atoms. The Morgan fingerprint density at radius 3 is 2.36 bits per heavy atom. The molecule has 1 amide bonds. The highest BCUT2D eigenvalue weighted by atomic mass is 16.1. The van der Waals surface area contributed by atoms with Crippen LogP contribution >= 0.6 is 0 Å². The zero-order chi connectivity index (χ0) is 11.0. The summed E-state index contributed by atoms with van der Waals surface area (Å²) in [7, 11) is 0. The number of ketones is 1. The van der Waals surface area contributed by atoms with Crippen molar-refractivity contribution in [2.24, 2.45) is 5.84 Å². The quantitative estimate of drug-likeness (QED) is 0.300. The average Bonchev–Trinajstić information content (AvgIpc) is 2.10. The molecular weight excluding hydrogens is 182 g/mol. The summed E-state index contributed by atoms with van der Waals surface area (Å²) in [5, 5.41) is 2.69. The Morgan fingerprint density at radius 2 is 1.93 bits per heavy atom. The van der Waals surface area contributed by atoms with Crippen LogP contribution in [0.4, 0.5) is 0 Å². The maximum atomic E-state index is 10.9. The van der Waals surface area contributed by atoms with Crippen molar-refractivity contribution in [1.29, 1.82) is 0 Å². The highest BCUT2D eigenvalue weighted by molar-refractivity contribution is 5.81. The van der Waals surface area contributed by atoms with E-state index in [1.54, 1.807) is 0 Å². The van der Waals surface area contributed by atoms with Crippen LogP contribution in [0.3, 0.4) is 0 Å². The number of hydrazine groups is 1. The third kappa shape index (κ3) is 6.56. The summed E-state index contributed by atoms with van der Waals surface area (Å²) in [6.07, 6.45) is 2.45. The van der Waals surface area contributed by atoms with E-state index in [1.807, 2.05) is 0 Å². The Morgan fingerprint density at radius 1 is 1.29 bits per heavy atom. The summed E-state index contributed by atoms with van der Waals surface area (Å²) in [4.78, 5) is 21.4. The lowest BCUT2D eigenvalue weighted by molar-refractivity contribution is -0.120. The summed E-state index contributed by atoms with van der Waals surface area (Å²) in [5.41, 5.74) is 2.46. The molecule has 0 aromatic heterocycles. The van der Waals surface area contributed by atoms with Crippen LogP contribution in [0.5, 0.6) is 0 Å². The van der Waals surface area contributed by atoms with E-state index in [1.165, 1.54) is 13.8 Å². The third-order valence-electron chi connectivity index (χ3n) is 1.99. The van der Waals surface area contributed by atoms with Crippen molar-refractivity contribution in [1.82, 2.24) is 10.7 Å². The zero-order valence-corrected chi connectivity index (χ0v) is 8.80. The van der Waals surface area contributed by atoms with Crippen molar-refractivity contribution in [2.75, 3.05) is 6.54 Å². The summed E-state index contributed by atoms with van der Waals surface area (Å²) in [5.74, 6) is 5.22. The van der Waals surface area contributed by atoms with Crippen LogP contribution in [0.1, 0.15) is 33.1 Å². The first-order valence-electron chi connectivity index (χ1n) is 4.79. The van der Waals surface area contributed by atoms with Crippen molar-refractivity contribution in [3.63, 3.8) is 0 Å². The van der Waals surface area contributed by atoms with Crippen LogP contribution in [-0.2, 0) is 9.59 Å². The van der Waals surface area contributed by atoms with Crippen LogP contribution < -0.4 is 16.6 Å². The van der Waals surface area contributed by atoms with Crippen LogP contribution in [0.25, 0.3) is 0 Å². The minimum Gasteiger partial charge on any atom is -0.356 e. The normalized spacial score (nSPS) is 12.2. The molecule has 0 saturated heterocycles. The number of hydrogen-bond acceptors (Lipinski definition) is 4. The van der Waals surface area contributed by atoms with Gasteiger partial charge in [0.1, 0.15) is 5.78 Å². The molecule has 1 unspecified atom stereocenters. The topological polar surface area (TPSA) is 84.2 Å². The van der Waals surface area contributed by atoms with Crippen molar-refractivity contribution in [3.8, 4) is 0 Å². The predicted octanol–water partition coefficient (Wildman–Crippen LogP) is -0.286. The summed E-state index contributed by atoms with van der Waals surface area (Å²) in [6, 6.07) is -0.257. The molecule has 5 nitrogen and oxygen atoms in total. The van der Waals surface area contributed by atoms with Gasteiger partial charge in [-0.3, -0.25) is 15.4 Å². The molecule has 0 fully saturated rings. The van der Waals surface area contributed by atoms with E-state index in [0.29, 0.717) is 13.0 Å². The monoisotopic (exact) mass is 201 g/mol. The Labute approximate surface area is 84.4 Å². The zero-order valence-electron chi connectivity index (χ0n) is 8.80. The first kappa shape index (κ1) is 13.1. The van der Waals surface area contributed by atoms with Crippen LogP contribution in [0.2, 0.25) is 0 Å². The van der Waals surface area contributed by atoms with E-state index < -0.39 is 0 Å². The first-order chi connectivity index (χ1) is 6.57. The van der Waals surface area contributed by atoms with Gasteiger partial charge < -0.3 is 5.32 Å². The van der Waals surface area contributed by atoms with Gasteiger partial charge in [-0.15, -0.1) is 0 Å². The Balaban J connectivity index is 3.42.